The number of carbonyl (C=O) groups is 1. The largest absolute Gasteiger partial charge is 0.481 e. The van der Waals surface area contributed by atoms with E-state index in [1.165, 1.54) is 26.0 Å². The number of carbonyl (C=O) groups excluding carboxylic acids is 1. The number of nitrogens with one attached hydrogen (secondary N) is 2. The normalized spacial score (nSPS) is 13.1. The second-order valence-electron chi connectivity index (χ2n) is 8.15. The number of nitrogens with zero attached hydrogens (tertiary/aromatic N) is 3. The zero-order chi connectivity index (χ0) is 22.9. The van der Waals surface area contributed by atoms with Crippen molar-refractivity contribution in [1.29, 1.82) is 0 Å². The van der Waals surface area contributed by atoms with E-state index in [0.717, 1.165) is 39.8 Å². The van der Waals surface area contributed by atoms with Crippen molar-refractivity contribution in [2.75, 3.05) is 12.4 Å². The molecule has 2 N–H and O–H groups in total. The van der Waals surface area contributed by atoms with Crippen LogP contribution < -0.4 is 15.6 Å². The Kier molecular flexibility index (Phi) is 5.26. The second kappa shape index (κ2) is 8.38. The van der Waals surface area contributed by atoms with Crippen LogP contribution in [0.3, 0.4) is 0 Å². The third-order valence-electron chi connectivity index (χ3n) is 5.76. The molecule has 33 heavy (non-hydrogen) atoms. The highest BCUT2D eigenvalue weighted by Gasteiger charge is 2.22. The van der Waals surface area contributed by atoms with Crippen LogP contribution in [0.15, 0.2) is 66.4 Å². The van der Waals surface area contributed by atoms with Crippen molar-refractivity contribution in [3.05, 3.63) is 71.9 Å². The lowest BCUT2D eigenvalue weighted by Crippen LogP contribution is -2.19. The monoisotopic (exact) mass is 441 g/mol. The summed E-state index contributed by atoms with van der Waals surface area (Å²) in [5.41, 5.74) is 4.31. The Bertz CT molecular complexity index is 1430. The van der Waals surface area contributed by atoms with Gasteiger partial charge in [0, 0.05) is 59.3 Å². The van der Waals surface area contributed by atoms with Crippen LogP contribution in [-0.4, -0.2) is 32.5 Å². The van der Waals surface area contributed by atoms with Gasteiger partial charge in [0.2, 0.25) is 11.8 Å². The number of methoxy groups -OCH3 is 1. The van der Waals surface area contributed by atoms with E-state index in [4.69, 9.17) is 4.74 Å². The second-order valence-corrected chi connectivity index (χ2v) is 8.15. The first kappa shape index (κ1) is 20.7. The third kappa shape index (κ3) is 4.27. The molecular weight excluding hydrogens is 418 g/mol. The van der Waals surface area contributed by atoms with E-state index >= 15 is 0 Å². The standard InChI is InChI=1S/C25H23N5O3/c1-3-22(31)28-21-9-17(10-23(29-21)33-2)18-8-19-20(12-27-25(19)26-11-18)16-6-7-24(32)30(14-16)13-15-4-5-15/h3,6-12,14-15H,1,4-5,13H2,2H3,(H,26,27)(H,28,29,31). The Labute approximate surface area is 190 Å². The van der Waals surface area contributed by atoms with E-state index in [0.29, 0.717) is 17.6 Å². The Hall–Kier alpha value is -4.20. The quantitative estimate of drug-likeness (QED) is 0.422. The molecule has 0 bridgehead atoms. The summed E-state index contributed by atoms with van der Waals surface area (Å²) < 4.78 is 7.11. The Morgan fingerprint density at radius 3 is 2.88 bits per heavy atom. The molecule has 0 saturated heterocycles. The molecule has 1 amide bonds. The van der Waals surface area contributed by atoms with Crippen LogP contribution in [0.4, 0.5) is 5.82 Å². The van der Waals surface area contributed by atoms with Crippen molar-refractivity contribution in [3.63, 3.8) is 0 Å². The molecule has 8 nitrogen and oxygen atoms in total. The highest BCUT2D eigenvalue weighted by molar-refractivity contribution is 5.99. The maximum absolute atomic E-state index is 12.3. The van der Waals surface area contributed by atoms with E-state index in [9.17, 15) is 9.59 Å². The first-order valence-corrected chi connectivity index (χ1v) is 10.7. The Morgan fingerprint density at radius 2 is 2.12 bits per heavy atom. The summed E-state index contributed by atoms with van der Waals surface area (Å²) in [6.07, 6.45) is 9.14. The van der Waals surface area contributed by atoms with Gasteiger partial charge in [-0.3, -0.25) is 9.59 Å². The number of amides is 1. The minimum atomic E-state index is -0.357. The fourth-order valence-corrected chi connectivity index (χ4v) is 3.83. The van der Waals surface area contributed by atoms with Gasteiger partial charge in [-0.25, -0.2) is 4.98 Å². The number of hydrogen-bond acceptors (Lipinski definition) is 5. The molecule has 1 aliphatic carbocycles. The summed E-state index contributed by atoms with van der Waals surface area (Å²) >= 11 is 0. The molecule has 4 aromatic rings. The summed E-state index contributed by atoms with van der Waals surface area (Å²) in [4.78, 5) is 36.1. The first-order chi connectivity index (χ1) is 16.0. The molecule has 0 spiro atoms. The molecule has 0 aromatic carbocycles. The minimum Gasteiger partial charge on any atom is -0.481 e. The zero-order valence-corrected chi connectivity index (χ0v) is 18.2. The SMILES string of the molecule is C=CC(=O)Nc1cc(-c2cnc3[nH]cc(-c4ccc(=O)n(CC5CC5)c4)c3c2)cc(OC)n1. The number of aromatic amines is 1. The number of hydrogen-bond donors (Lipinski definition) is 2. The predicted octanol–water partition coefficient (Wildman–Crippen LogP) is 4.00. The molecule has 0 unspecified atom stereocenters. The van der Waals surface area contributed by atoms with Gasteiger partial charge in [-0.1, -0.05) is 6.58 Å². The number of aromatic nitrogens is 4. The van der Waals surface area contributed by atoms with Gasteiger partial charge in [-0.05, 0) is 48.6 Å². The van der Waals surface area contributed by atoms with Crippen LogP contribution in [-0.2, 0) is 11.3 Å². The lowest BCUT2D eigenvalue weighted by atomic mass is 10.0. The third-order valence-corrected chi connectivity index (χ3v) is 5.76. The number of anilines is 1. The van der Waals surface area contributed by atoms with E-state index in [-0.39, 0.29) is 11.5 Å². The molecule has 4 heterocycles. The van der Waals surface area contributed by atoms with Crippen molar-refractivity contribution in [3.8, 4) is 28.1 Å². The van der Waals surface area contributed by atoms with Crippen LogP contribution in [0.25, 0.3) is 33.3 Å². The lowest BCUT2D eigenvalue weighted by molar-refractivity contribution is -0.111. The smallest absolute Gasteiger partial charge is 0.250 e. The van der Waals surface area contributed by atoms with E-state index in [1.807, 2.05) is 24.5 Å². The van der Waals surface area contributed by atoms with Crippen LogP contribution in [0.2, 0.25) is 0 Å². The molecular formula is C25H23N5O3. The van der Waals surface area contributed by atoms with Crippen molar-refractivity contribution in [1.82, 2.24) is 19.5 Å². The average molecular weight is 441 g/mol. The number of pyridine rings is 3. The summed E-state index contributed by atoms with van der Waals surface area (Å²) in [6.45, 7) is 4.23. The molecule has 1 saturated carbocycles. The van der Waals surface area contributed by atoms with Gasteiger partial charge in [-0.15, -0.1) is 0 Å². The van der Waals surface area contributed by atoms with Crippen molar-refractivity contribution >= 4 is 22.8 Å². The molecule has 1 fully saturated rings. The Balaban J connectivity index is 1.57. The van der Waals surface area contributed by atoms with Crippen LogP contribution in [0.5, 0.6) is 5.88 Å². The van der Waals surface area contributed by atoms with E-state index < -0.39 is 0 Å². The van der Waals surface area contributed by atoms with Gasteiger partial charge in [0.15, 0.2) is 0 Å². The molecule has 0 radical (unpaired) electrons. The lowest BCUT2D eigenvalue weighted by Gasteiger charge is -2.10. The molecule has 5 rings (SSSR count). The van der Waals surface area contributed by atoms with Gasteiger partial charge in [0.1, 0.15) is 11.5 Å². The highest BCUT2D eigenvalue weighted by atomic mass is 16.5. The maximum atomic E-state index is 12.3. The Morgan fingerprint density at radius 1 is 1.27 bits per heavy atom. The average Bonchev–Trinajstić information content (AvgIpc) is 3.55. The number of fused-ring (bicyclic) bond motifs is 1. The molecule has 0 atom stereocenters. The molecule has 1 aliphatic rings. The topological polar surface area (TPSA) is 102 Å². The van der Waals surface area contributed by atoms with Crippen molar-refractivity contribution in [2.45, 2.75) is 19.4 Å². The number of ether oxygens (including phenoxy) is 1. The van der Waals surface area contributed by atoms with Gasteiger partial charge >= 0.3 is 0 Å². The van der Waals surface area contributed by atoms with Gasteiger partial charge < -0.3 is 19.6 Å². The van der Waals surface area contributed by atoms with E-state index in [2.05, 4.69) is 26.8 Å². The highest BCUT2D eigenvalue weighted by Crippen LogP contribution is 2.33. The molecule has 166 valence electrons. The fraction of sp³-hybridized carbons (Fsp3) is 0.200. The summed E-state index contributed by atoms with van der Waals surface area (Å²) in [7, 11) is 1.52. The minimum absolute atomic E-state index is 0.0160. The van der Waals surface area contributed by atoms with Crippen molar-refractivity contribution in [2.24, 2.45) is 5.92 Å². The van der Waals surface area contributed by atoms with E-state index in [1.54, 1.807) is 29.0 Å². The summed E-state index contributed by atoms with van der Waals surface area (Å²) in [5, 5.41) is 3.60. The molecule has 4 aromatic heterocycles. The van der Waals surface area contributed by atoms with Crippen LogP contribution in [0.1, 0.15) is 12.8 Å². The van der Waals surface area contributed by atoms with Crippen LogP contribution >= 0.6 is 0 Å². The maximum Gasteiger partial charge on any atom is 0.250 e. The number of rotatable bonds is 7. The zero-order valence-electron chi connectivity index (χ0n) is 18.2. The molecule has 0 aliphatic heterocycles. The summed E-state index contributed by atoms with van der Waals surface area (Å²) in [5.74, 6) is 0.973. The van der Waals surface area contributed by atoms with Gasteiger partial charge in [-0.2, -0.15) is 4.98 Å². The van der Waals surface area contributed by atoms with Crippen LogP contribution in [0, 0.1) is 5.92 Å². The number of H-pyrrole nitrogens is 1. The fourth-order valence-electron chi connectivity index (χ4n) is 3.83. The van der Waals surface area contributed by atoms with Gasteiger partial charge in [0.25, 0.3) is 5.56 Å². The molecule has 8 heteroatoms. The first-order valence-electron chi connectivity index (χ1n) is 10.7. The predicted molar refractivity (Wildman–Crippen MR) is 127 cm³/mol. The summed E-state index contributed by atoms with van der Waals surface area (Å²) in [6, 6.07) is 9.04. The van der Waals surface area contributed by atoms with Gasteiger partial charge in [0.05, 0.1) is 7.11 Å². The van der Waals surface area contributed by atoms with Crippen molar-refractivity contribution < 1.29 is 9.53 Å².